The smallest absolute Gasteiger partial charge is 0.184 e. The number of hydrazone groups is 1. The van der Waals surface area contributed by atoms with E-state index in [-0.39, 0.29) is 29.9 Å². The maximum Gasteiger partial charge on any atom is 0.184 e. The Morgan fingerprint density at radius 2 is 2.35 bits per heavy atom. The maximum absolute atomic E-state index is 9.72. The maximum atomic E-state index is 9.72. The Morgan fingerprint density at radius 3 is 2.88 bits per heavy atom. The monoisotopic (exact) mass is 276 g/mol. The van der Waals surface area contributed by atoms with Gasteiger partial charge in [0.05, 0.1) is 18.5 Å². The number of nitrogens with two attached hydrogens (primary N) is 1. The second-order valence-corrected chi connectivity index (χ2v) is 3.46. The fourth-order valence-corrected chi connectivity index (χ4v) is 1.14. The molecular formula is C9H13ClN4O2S. The Morgan fingerprint density at radius 1 is 1.71 bits per heavy atom. The molecule has 1 heterocycles. The van der Waals surface area contributed by atoms with Crippen LogP contribution in [0.15, 0.2) is 11.3 Å². The largest absolute Gasteiger partial charge is 0.505 e. The Labute approximate surface area is 110 Å². The molecule has 0 aliphatic heterocycles. The molecule has 0 aromatic carbocycles. The van der Waals surface area contributed by atoms with Gasteiger partial charge in [-0.15, -0.1) is 12.4 Å². The first-order valence-corrected chi connectivity index (χ1v) is 4.84. The molecule has 94 valence electrons. The molecule has 6 nitrogen and oxygen atoms in total. The molecule has 0 saturated heterocycles. The highest BCUT2D eigenvalue weighted by Gasteiger charge is 2.08. The molecule has 5 N–H and O–H groups in total. The van der Waals surface area contributed by atoms with Crippen molar-refractivity contribution < 1.29 is 10.2 Å². The first-order valence-electron chi connectivity index (χ1n) is 4.43. The lowest BCUT2D eigenvalue weighted by atomic mass is 10.1. The van der Waals surface area contributed by atoms with E-state index in [1.807, 2.05) is 0 Å². The van der Waals surface area contributed by atoms with Gasteiger partial charge in [0.15, 0.2) is 5.11 Å². The number of hydrogen-bond acceptors (Lipinski definition) is 5. The Kier molecular flexibility index (Phi) is 6.40. The molecule has 1 rings (SSSR count). The predicted octanol–water partition coefficient (Wildman–Crippen LogP) is 0.177. The van der Waals surface area contributed by atoms with Crippen molar-refractivity contribution in [2.45, 2.75) is 13.5 Å². The molecule has 0 fully saturated rings. The van der Waals surface area contributed by atoms with Crippen molar-refractivity contribution in [1.29, 1.82) is 0 Å². The second-order valence-electron chi connectivity index (χ2n) is 3.02. The summed E-state index contributed by atoms with van der Waals surface area (Å²) in [4.78, 5) is 3.91. The Bertz CT molecular complexity index is 439. The van der Waals surface area contributed by atoms with Gasteiger partial charge in [0, 0.05) is 17.3 Å². The summed E-state index contributed by atoms with van der Waals surface area (Å²) in [5.74, 6) is -0.0277. The summed E-state index contributed by atoms with van der Waals surface area (Å²) in [5.41, 5.74) is 8.84. The third kappa shape index (κ3) is 4.14. The van der Waals surface area contributed by atoms with E-state index in [0.717, 1.165) is 0 Å². The van der Waals surface area contributed by atoms with E-state index in [1.54, 1.807) is 6.92 Å². The van der Waals surface area contributed by atoms with Crippen LogP contribution in [0.1, 0.15) is 16.8 Å². The molecule has 17 heavy (non-hydrogen) atoms. The summed E-state index contributed by atoms with van der Waals surface area (Å²) >= 11 is 4.56. The molecule has 0 saturated carbocycles. The van der Waals surface area contributed by atoms with Crippen LogP contribution in [-0.4, -0.2) is 26.5 Å². The highest BCUT2D eigenvalue weighted by atomic mass is 35.5. The zero-order valence-corrected chi connectivity index (χ0v) is 10.7. The lowest BCUT2D eigenvalue weighted by Gasteiger charge is -2.06. The summed E-state index contributed by atoms with van der Waals surface area (Å²) in [6, 6.07) is 0. The van der Waals surface area contributed by atoms with Crippen molar-refractivity contribution in [2.24, 2.45) is 10.8 Å². The average Bonchev–Trinajstić information content (AvgIpc) is 2.24. The molecule has 0 bridgehead atoms. The van der Waals surface area contributed by atoms with Crippen LogP contribution in [0.2, 0.25) is 0 Å². The zero-order chi connectivity index (χ0) is 12.1. The van der Waals surface area contributed by atoms with E-state index in [2.05, 4.69) is 27.7 Å². The molecule has 1 aromatic heterocycles. The fourth-order valence-electron chi connectivity index (χ4n) is 1.08. The number of pyridine rings is 1. The number of aromatic hydroxyl groups is 1. The van der Waals surface area contributed by atoms with Crippen LogP contribution in [0.25, 0.3) is 0 Å². The van der Waals surface area contributed by atoms with Crippen molar-refractivity contribution in [3.05, 3.63) is 23.0 Å². The van der Waals surface area contributed by atoms with Crippen molar-refractivity contribution in [2.75, 3.05) is 0 Å². The molecule has 0 spiro atoms. The SMILES string of the molecule is Cc1ncc(CO)c(C=NNC(N)=S)c1O.Cl. The van der Waals surface area contributed by atoms with Crippen LogP contribution < -0.4 is 11.2 Å². The topological polar surface area (TPSA) is 104 Å². The van der Waals surface area contributed by atoms with Gasteiger partial charge in [0.2, 0.25) is 0 Å². The van der Waals surface area contributed by atoms with Crippen molar-refractivity contribution >= 4 is 36.0 Å². The molecule has 0 unspecified atom stereocenters. The van der Waals surface area contributed by atoms with Gasteiger partial charge in [-0.2, -0.15) is 5.10 Å². The van der Waals surface area contributed by atoms with Crippen molar-refractivity contribution in [1.82, 2.24) is 10.4 Å². The van der Waals surface area contributed by atoms with Gasteiger partial charge in [-0.25, -0.2) is 0 Å². The molecule has 0 radical (unpaired) electrons. The summed E-state index contributed by atoms with van der Waals surface area (Å²) in [6.07, 6.45) is 2.80. The van der Waals surface area contributed by atoms with Crippen LogP contribution >= 0.6 is 24.6 Å². The third-order valence-electron chi connectivity index (χ3n) is 1.90. The van der Waals surface area contributed by atoms with Crippen LogP contribution in [0.3, 0.4) is 0 Å². The highest BCUT2D eigenvalue weighted by Crippen LogP contribution is 2.21. The van der Waals surface area contributed by atoms with Crippen LogP contribution in [0.4, 0.5) is 0 Å². The quantitative estimate of drug-likeness (QED) is 0.357. The van der Waals surface area contributed by atoms with Crippen LogP contribution in [0.5, 0.6) is 5.75 Å². The van der Waals surface area contributed by atoms with E-state index >= 15 is 0 Å². The molecule has 8 heteroatoms. The number of aromatic nitrogens is 1. The zero-order valence-electron chi connectivity index (χ0n) is 9.04. The van der Waals surface area contributed by atoms with E-state index in [0.29, 0.717) is 16.8 Å². The molecule has 0 aliphatic carbocycles. The van der Waals surface area contributed by atoms with E-state index in [4.69, 9.17) is 10.8 Å². The van der Waals surface area contributed by atoms with E-state index in [1.165, 1.54) is 12.4 Å². The summed E-state index contributed by atoms with van der Waals surface area (Å²) < 4.78 is 0. The van der Waals surface area contributed by atoms with Gasteiger partial charge in [-0.05, 0) is 19.1 Å². The standard InChI is InChI=1S/C9H12N4O2S.ClH/c1-5-8(15)7(3-12-13-9(10)16)6(4-14)2-11-5;/h2-3,14-15H,4H2,1H3,(H3,10,13,16);1H. The summed E-state index contributed by atoms with van der Waals surface area (Å²) in [7, 11) is 0. The van der Waals surface area contributed by atoms with Gasteiger partial charge >= 0.3 is 0 Å². The predicted molar refractivity (Wildman–Crippen MR) is 71.3 cm³/mol. The van der Waals surface area contributed by atoms with E-state index in [9.17, 15) is 5.11 Å². The number of rotatable bonds is 3. The number of aliphatic hydroxyl groups is 1. The number of aryl methyl sites for hydroxylation is 1. The number of aliphatic hydroxyl groups excluding tert-OH is 1. The highest BCUT2D eigenvalue weighted by molar-refractivity contribution is 7.80. The Balaban J connectivity index is 0.00000256. The Hall–Kier alpha value is -1.44. The van der Waals surface area contributed by atoms with Crippen LogP contribution in [0, 0.1) is 6.92 Å². The number of nitrogens with one attached hydrogen (secondary N) is 1. The van der Waals surface area contributed by atoms with Gasteiger partial charge < -0.3 is 15.9 Å². The van der Waals surface area contributed by atoms with E-state index < -0.39 is 0 Å². The molecule has 1 aromatic rings. The average molecular weight is 277 g/mol. The molecular weight excluding hydrogens is 264 g/mol. The summed E-state index contributed by atoms with van der Waals surface area (Å²) in [5, 5.41) is 22.5. The minimum atomic E-state index is -0.241. The van der Waals surface area contributed by atoms with Crippen molar-refractivity contribution in [3.63, 3.8) is 0 Å². The number of thiocarbonyl (C=S) groups is 1. The number of hydrogen-bond donors (Lipinski definition) is 4. The number of nitrogens with zero attached hydrogens (tertiary/aromatic N) is 2. The molecule has 0 atom stereocenters. The van der Waals surface area contributed by atoms with Gasteiger partial charge in [-0.1, -0.05) is 0 Å². The lowest BCUT2D eigenvalue weighted by Crippen LogP contribution is -2.24. The molecule has 0 aliphatic rings. The fraction of sp³-hybridized carbons (Fsp3) is 0.222. The first kappa shape index (κ1) is 15.6. The third-order valence-corrected chi connectivity index (χ3v) is 1.99. The second kappa shape index (κ2) is 7.00. The minimum Gasteiger partial charge on any atom is -0.505 e. The normalized spacial score (nSPS) is 10.0. The lowest BCUT2D eigenvalue weighted by molar-refractivity contribution is 0.280. The van der Waals surface area contributed by atoms with Gasteiger partial charge in [-0.3, -0.25) is 10.4 Å². The molecule has 0 amide bonds. The minimum absolute atomic E-state index is 0. The van der Waals surface area contributed by atoms with Crippen molar-refractivity contribution in [3.8, 4) is 5.75 Å². The van der Waals surface area contributed by atoms with Gasteiger partial charge in [0.25, 0.3) is 0 Å². The van der Waals surface area contributed by atoms with Crippen LogP contribution in [-0.2, 0) is 6.61 Å². The summed E-state index contributed by atoms with van der Waals surface area (Å²) in [6.45, 7) is 1.41. The number of halogens is 1. The van der Waals surface area contributed by atoms with Gasteiger partial charge in [0.1, 0.15) is 5.75 Å². The first-order chi connectivity index (χ1) is 7.56.